The van der Waals surface area contributed by atoms with E-state index in [0.29, 0.717) is 11.0 Å². The van der Waals surface area contributed by atoms with Gasteiger partial charge in [0.25, 0.3) is 0 Å². The highest BCUT2D eigenvalue weighted by Gasteiger charge is 2.29. The molecule has 0 aliphatic rings. The van der Waals surface area contributed by atoms with Crippen LogP contribution in [0.5, 0.6) is 5.75 Å². The van der Waals surface area contributed by atoms with Crippen molar-refractivity contribution in [1.82, 2.24) is 0 Å². The van der Waals surface area contributed by atoms with Gasteiger partial charge in [-0.15, -0.1) is 0 Å². The van der Waals surface area contributed by atoms with Crippen LogP contribution in [0.4, 0.5) is 0 Å². The van der Waals surface area contributed by atoms with Gasteiger partial charge in [0, 0.05) is 0 Å². The highest BCUT2D eigenvalue weighted by atomic mass is 16.4. The molecule has 0 unspecified atom stereocenters. The van der Waals surface area contributed by atoms with Gasteiger partial charge in [-0.2, -0.15) is 0 Å². The van der Waals surface area contributed by atoms with E-state index >= 15 is 0 Å². The molecule has 3 nitrogen and oxygen atoms in total. The Labute approximate surface area is 110 Å². The SMILES string of the molecule is CC(C)(C)c1cc(O)c(C(C)(C)C)c(B(O)O)c1. The largest absolute Gasteiger partial charge is 0.508 e. The first-order valence-electron chi connectivity index (χ1n) is 6.18. The first-order chi connectivity index (χ1) is 7.94. The van der Waals surface area contributed by atoms with Crippen molar-refractivity contribution in [3.63, 3.8) is 0 Å². The fraction of sp³-hybridized carbons (Fsp3) is 0.571. The van der Waals surface area contributed by atoms with Crippen molar-refractivity contribution in [3.05, 3.63) is 23.3 Å². The molecule has 0 amide bonds. The molecule has 3 N–H and O–H groups in total. The van der Waals surface area contributed by atoms with E-state index in [1.807, 2.05) is 41.5 Å². The fourth-order valence-electron chi connectivity index (χ4n) is 2.10. The number of hydrogen-bond acceptors (Lipinski definition) is 3. The Hall–Kier alpha value is -0.995. The van der Waals surface area contributed by atoms with E-state index in [-0.39, 0.29) is 16.6 Å². The average molecular weight is 250 g/mol. The second-order valence-electron chi connectivity index (χ2n) is 6.83. The molecular formula is C14H23BO3. The normalized spacial score (nSPS) is 12.7. The quantitative estimate of drug-likeness (QED) is 0.664. The van der Waals surface area contributed by atoms with E-state index in [0.717, 1.165) is 5.56 Å². The minimum Gasteiger partial charge on any atom is -0.508 e. The molecule has 0 aliphatic heterocycles. The van der Waals surface area contributed by atoms with Crippen molar-refractivity contribution in [2.75, 3.05) is 0 Å². The topological polar surface area (TPSA) is 60.7 Å². The van der Waals surface area contributed by atoms with E-state index in [4.69, 9.17) is 0 Å². The zero-order valence-corrected chi connectivity index (χ0v) is 12.1. The minimum atomic E-state index is -1.58. The van der Waals surface area contributed by atoms with Gasteiger partial charge in [-0.1, -0.05) is 47.6 Å². The van der Waals surface area contributed by atoms with Crippen LogP contribution in [-0.4, -0.2) is 22.3 Å². The lowest BCUT2D eigenvalue weighted by atomic mass is 9.68. The molecule has 1 aromatic rings. The van der Waals surface area contributed by atoms with Crippen LogP contribution >= 0.6 is 0 Å². The Kier molecular flexibility index (Phi) is 3.85. The third-order valence-electron chi connectivity index (χ3n) is 3.04. The number of aromatic hydroxyl groups is 1. The highest BCUT2D eigenvalue weighted by molar-refractivity contribution is 6.59. The number of phenolic OH excluding ortho intramolecular Hbond substituents is 1. The van der Waals surface area contributed by atoms with E-state index in [1.54, 1.807) is 12.1 Å². The molecule has 0 fully saturated rings. The molecule has 1 aromatic carbocycles. The Bertz CT molecular complexity index is 440. The van der Waals surface area contributed by atoms with Gasteiger partial charge < -0.3 is 15.2 Å². The Morgan fingerprint density at radius 2 is 1.39 bits per heavy atom. The molecule has 0 atom stereocenters. The summed E-state index contributed by atoms with van der Waals surface area (Å²) in [5.41, 5.74) is 1.35. The van der Waals surface area contributed by atoms with Crippen LogP contribution in [-0.2, 0) is 10.8 Å². The van der Waals surface area contributed by atoms with Gasteiger partial charge in [-0.3, -0.25) is 0 Å². The zero-order chi connectivity index (χ0) is 14.3. The van der Waals surface area contributed by atoms with E-state index in [2.05, 4.69) is 0 Å². The molecule has 0 spiro atoms. The first-order valence-corrected chi connectivity index (χ1v) is 6.18. The van der Waals surface area contributed by atoms with Crippen molar-refractivity contribution >= 4 is 12.6 Å². The van der Waals surface area contributed by atoms with Gasteiger partial charge in [-0.05, 0) is 33.5 Å². The lowest BCUT2D eigenvalue weighted by Crippen LogP contribution is -2.38. The summed E-state index contributed by atoms with van der Waals surface area (Å²) < 4.78 is 0. The molecule has 0 aromatic heterocycles. The summed E-state index contributed by atoms with van der Waals surface area (Å²) >= 11 is 0. The summed E-state index contributed by atoms with van der Waals surface area (Å²) in [6, 6.07) is 3.48. The Morgan fingerprint density at radius 1 is 0.889 bits per heavy atom. The lowest BCUT2D eigenvalue weighted by molar-refractivity contribution is 0.417. The Morgan fingerprint density at radius 3 is 1.72 bits per heavy atom. The summed E-state index contributed by atoms with van der Waals surface area (Å²) in [6.45, 7) is 11.9. The van der Waals surface area contributed by atoms with Gasteiger partial charge >= 0.3 is 7.12 Å². The third kappa shape index (κ3) is 3.06. The summed E-state index contributed by atoms with van der Waals surface area (Å²) in [6.07, 6.45) is 0. The summed E-state index contributed by atoms with van der Waals surface area (Å²) in [7, 11) is -1.58. The van der Waals surface area contributed by atoms with Crippen molar-refractivity contribution in [2.24, 2.45) is 0 Å². The molecule has 0 saturated carbocycles. The van der Waals surface area contributed by atoms with E-state index in [1.165, 1.54) is 0 Å². The lowest BCUT2D eigenvalue weighted by Gasteiger charge is -2.28. The van der Waals surface area contributed by atoms with Crippen molar-refractivity contribution in [1.29, 1.82) is 0 Å². The summed E-state index contributed by atoms with van der Waals surface area (Å²) in [5.74, 6) is 0.123. The second kappa shape index (κ2) is 4.59. The van der Waals surface area contributed by atoms with Crippen molar-refractivity contribution in [2.45, 2.75) is 52.4 Å². The monoisotopic (exact) mass is 250 g/mol. The van der Waals surface area contributed by atoms with Gasteiger partial charge in [0.15, 0.2) is 0 Å². The maximum absolute atomic E-state index is 10.2. The minimum absolute atomic E-state index is 0.123. The average Bonchev–Trinajstić information content (AvgIpc) is 2.12. The number of hydrogen-bond donors (Lipinski definition) is 3. The van der Waals surface area contributed by atoms with Crippen molar-refractivity contribution in [3.8, 4) is 5.75 Å². The Balaban J connectivity index is 3.57. The molecule has 0 aliphatic carbocycles. The molecule has 100 valence electrons. The number of benzene rings is 1. The predicted molar refractivity (Wildman–Crippen MR) is 75.3 cm³/mol. The van der Waals surface area contributed by atoms with Gasteiger partial charge in [0.1, 0.15) is 5.75 Å². The smallest absolute Gasteiger partial charge is 0.488 e. The van der Waals surface area contributed by atoms with Crippen LogP contribution in [0.15, 0.2) is 12.1 Å². The van der Waals surface area contributed by atoms with Crippen LogP contribution < -0.4 is 5.46 Å². The maximum Gasteiger partial charge on any atom is 0.488 e. The molecule has 0 saturated heterocycles. The highest BCUT2D eigenvalue weighted by Crippen LogP contribution is 2.33. The standard InChI is InChI=1S/C14H23BO3/c1-13(2,3)9-7-10(15(17)18)12(11(16)8-9)14(4,5)6/h7-8,16-18H,1-6H3. The van der Waals surface area contributed by atoms with Crippen LogP contribution in [0, 0.1) is 0 Å². The number of phenols is 1. The van der Waals surface area contributed by atoms with Gasteiger partial charge in [0.2, 0.25) is 0 Å². The second-order valence-corrected chi connectivity index (χ2v) is 6.83. The molecule has 0 radical (unpaired) electrons. The van der Waals surface area contributed by atoms with Crippen LogP contribution in [0.3, 0.4) is 0 Å². The van der Waals surface area contributed by atoms with E-state index in [9.17, 15) is 15.2 Å². The molecule has 1 rings (SSSR count). The number of rotatable bonds is 1. The first kappa shape index (κ1) is 15.1. The van der Waals surface area contributed by atoms with E-state index < -0.39 is 7.12 Å². The van der Waals surface area contributed by atoms with Crippen LogP contribution in [0.25, 0.3) is 0 Å². The predicted octanol–water partition coefficient (Wildman–Crippen LogP) is 1.67. The third-order valence-corrected chi connectivity index (χ3v) is 3.04. The van der Waals surface area contributed by atoms with Crippen molar-refractivity contribution < 1.29 is 15.2 Å². The maximum atomic E-state index is 10.2. The molecule has 18 heavy (non-hydrogen) atoms. The molecular weight excluding hydrogens is 227 g/mol. The summed E-state index contributed by atoms with van der Waals surface area (Å²) in [5, 5.41) is 29.3. The van der Waals surface area contributed by atoms with Crippen LogP contribution in [0.2, 0.25) is 0 Å². The summed E-state index contributed by atoms with van der Waals surface area (Å²) in [4.78, 5) is 0. The van der Waals surface area contributed by atoms with Crippen LogP contribution in [0.1, 0.15) is 52.7 Å². The van der Waals surface area contributed by atoms with Gasteiger partial charge in [0.05, 0.1) is 0 Å². The molecule has 0 heterocycles. The van der Waals surface area contributed by atoms with Gasteiger partial charge in [-0.25, -0.2) is 0 Å². The zero-order valence-electron chi connectivity index (χ0n) is 12.1. The molecule has 0 bridgehead atoms. The fourth-order valence-corrected chi connectivity index (χ4v) is 2.10. The molecule has 4 heteroatoms.